The summed E-state index contributed by atoms with van der Waals surface area (Å²) in [4.78, 5) is 87.7. The Bertz CT molecular complexity index is 2670. The number of carboxylic acids is 2. The van der Waals surface area contributed by atoms with Gasteiger partial charge in [-0.15, -0.1) is 0 Å². The van der Waals surface area contributed by atoms with Crippen molar-refractivity contribution >= 4 is 58.1 Å². The molecule has 18 heteroatoms. The van der Waals surface area contributed by atoms with E-state index in [0.717, 1.165) is 74.6 Å². The highest BCUT2D eigenvalue weighted by Crippen LogP contribution is 2.26. The van der Waals surface area contributed by atoms with Crippen LogP contribution in [-0.4, -0.2) is 132 Å². The van der Waals surface area contributed by atoms with E-state index in [1.54, 1.807) is 58.9 Å². The van der Waals surface area contributed by atoms with Crippen LogP contribution in [-0.2, 0) is 9.59 Å². The van der Waals surface area contributed by atoms with Gasteiger partial charge in [-0.05, 0) is 173 Å². The second kappa shape index (κ2) is 28.8. The molecule has 16 nitrogen and oxygen atoms in total. The molecular weight excluding hydrogens is 975 g/mol. The number of rotatable bonds is 18. The molecule has 2 aliphatic heterocycles. The van der Waals surface area contributed by atoms with E-state index in [-0.39, 0.29) is 46.9 Å². The molecule has 2 fully saturated rings. The molecule has 4 aromatic carbocycles. The summed E-state index contributed by atoms with van der Waals surface area (Å²) in [6, 6.07) is 33.8. The van der Waals surface area contributed by atoms with Crippen molar-refractivity contribution in [1.29, 1.82) is 0 Å². The number of hydrogen-bond acceptors (Lipinski definition) is 12. The molecule has 0 unspecified atom stereocenters. The predicted molar refractivity (Wildman–Crippen MR) is 288 cm³/mol. The Labute approximate surface area is 440 Å². The van der Waals surface area contributed by atoms with Gasteiger partial charge in [0, 0.05) is 110 Å². The topological polar surface area (TPSA) is 206 Å². The second-order valence-corrected chi connectivity index (χ2v) is 18.0. The van der Waals surface area contributed by atoms with Gasteiger partial charge in [-0.1, -0.05) is 0 Å². The van der Waals surface area contributed by atoms with Crippen molar-refractivity contribution in [1.82, 2.24) is 19.8 Å². The molecule has 4 N–H and O–H groups in total. The highest BCUT2D eigenvalue weighted by molar-refractivity contribution is 6.07. The third-order valence-electron chi connectivity index (χ3n) is 13.1. The number of benzene rings is 4. The van der Waals surface area contributed by atoms with Crippen LogP contribution < -0.4 is 20.4 Å². The summed E-state index contributed by atoms with van der Waals surface area (Å²) >= 11 is 0. The van der Waals surface area contributed by atoms with Crippen molar-refractivity contribution in [3.05, 3.63) is 192 Å². The van der Waals surface area contributed by atoms with Gasteiger partial charge in [-0.2, -0.15) is 0 Å². The number of nitrogens with zero attached hydrogens (tertiary/aromatic N) is 6. The summed E-state index contributed by atoms with van der Waals surface area (Å²) in [5.41, 5.74) is 5.77. The van der Waals surface area contributed by atoms with Gasteiger partial charge in [0.15, 0.2) is 11.6 Å². The van der Waals surface area contributed by atoms with Gasteiger partial charge < -0.3 is 40.4 Å². The average Bonchev–Trinajstić information content (AvgIpc) is 3.46. The number of pyridine rings is 2. The third kappa shape index (κ3) is 17.0. The molecule has 6 aromatic rings. The lowest BCUT2D eigenvalue weighted by molar-refractivity contribution is -0.134. The zero-order valence-corrected chi connectivity index (χ0v) is 42.4. The van der Waals surface area contributed by atoms with E-state index in [1.807, 2.05) is 86.9 Å². The Morgan fingerprint density at radius 2 is 0.855 bits per heavy atom. The smallest absolute Gasteiger partial charge is 0.328 e. The number of likely N-dealkylation sites (tertiary alicyclic amines) is 2. The average molecular weight is 1040 g/mol. The van der Waals surface area contributed by atoms with Crippen molar-refractivity contribution in [3.8, 4) is 0 Å². The Morgan fingerprint density at radius 1 is 0.526 bits per heavy atom. The minimum absolute atomic E-state index is 0.0524. The Morgan fingerprint density at radius 3 is 1.14 bits per heavy atom. The summed E-state index contributed by atoms with van der Waals surface area (Å²) < 4.78 is 26.3. The van der Waals surface area contributed by atoms with Crippen LogP contribution in [0.25, 0.3) is 0 Å². The van der Waals surface area contributed by atoms with Crippen molar-refractivity contribution in [2.75, 3.05) is 86.9 Å². The molecule has 2 saturated heterocycles. The fraction of sp³-hybridized carbons (Fsp3) is 0.276. The number of amides is 2. The van der Waals surface area contributed by atoms with Gasteiger partial charge in [0.05, 0.1) is 23.8 Å². The molecule has 0 aliphatic carbocycles. The maximum Gasteiger partial charge on any atom is 0.328 e. The molecule has 4 heterocycles. The van der Waals surface area contributed by atoms with E-state index in [9.17, 15) is 37.5 Å². The molecule has 0 saturated carbocycles. The molecule has 2 amide bonds. The predicted octanol–water partition coefficient (Wildman–Crippen LogP) is 8.72. The van der Waals surface area contributed by atoms with Crippen LogP contribution in [0, 0.1) is 23.5 Å². The van der Waals surface area contributed by atoms with Crippen molar-refractivity contribution in [2.24, 2.45) is 11.8 Å². The highest BCUT2D eigenvalue weighted by Gasteiger charge is 2.29. The fourth-order valence-electron chi connectivity index (χ4n) is 8.76. The van der Waals surface area contributed by atoms with Gasteiger partial charge >= 0.3 is 11.9 Å². The number of nitrogens with one attached hydrogen (secondary N) is 2. The van der Waals surface area contributed by atoms with Crippen LogP contribution in [0.15, 0.2) is 158 Å². The largest absolute Gasteiger partial charge is 0.478 e. The molecule has 2 aromatic heterocycles. The van der Waals surface area contributed by atoms with Crippen LogP contribution >= 0.6 is 0 Å². The van der Waals surface area contributed by atoms with Crippen LogP contribution in [0.5, 0.6) is 0 Å². The van der Waals surface area contributed by atoms with Crippen LogP contribution in [0.1, 0.15) is 67.1 Å². The van der Waals surface area contributed by atoms with Gasteiger partial charge in [0.25, 0.3) is 11.8 Å². The normalized spacial score (nSPS) is 14.0. The lowest BCUT2D eigenvalue weighted by Gasteiger charge is -2.33. The number of aliphatic carboxylic acids is 2. The van der Waals surface area contributed by atoms with Gasteiger partial charge in [0.2, 0.25) is 0 Å². The minimum atomic E-state index is -1.26. The maximum atomic E-state index is 13.3. The third-order valence-corrected chi connectivity index (χ3v) is 13.1. The molecule has 0 spiro atoms. The monoisotopic (exact) mass is 1040 g/mol. The van der Waals surface area contributed by atoms with Crippen molar-refractivity contribution in [3.63, 3.8) is 0 Å². The minimum Gasteiger partial charge on any atom is -0.478 e. The number of carboxylic acid groups (broad SMARTS) is 2. The van der Waals surface area contributed by atoms with E-state index in [0.29, 0.717) is 60.6 Å². The van der Waals surface area contributed by atoms with Gasteiger partial charge in [-0.3, -0.25) is 29.1 Å². The first-order valence-corrected chi connectivity index (χ1v) is 24.9. The molecule has 76 heavy (non-hydrogen) atoms. The number of hydrogen-bond donors (Lipinski definition) is 4. The van der Waals surface area contributed by atoms with Crippen LogP contribution in [0.4, 0.5) is 31.5 Å². The Balaban J connectivity index is 0.000000216. The lowest BCUT2D eigenvalue weighted by Crippen LogP contribution is -2.43. The zero-order chi connectivity index (χ0) is 54.4. The SMILES string of the molecule is CNc1ccc(C(=O)N(CCN2CCC(C(=O)c3ccc(F)cc3)CC2)c2cccnc2)cc1.CNc1ccc(C(=O)N(CCN2CCC(C(=O)c3ccc(F)cc3)CC2)c2cccnc2)cc1.O=C(O)/C=C/C(=O)O. The number of ketones is 2. The molecule has 0 bridgehead atoms. The Hall–Kier alpha value is -8.48. The van der Waals surface area contributed by atoms with E-state index >= 15 is 0 Å². The first-order valence-electron chi connectivity index (χ1n) is 24.9. The molecular formula is C58H62F2N8O8. The van der Waals surface area contributed by atoms with Crippen molar-refractivity contribution in [2.45, 2.75) is 25.7 Å². The molecule has 0 radical (unpaired) electrons. The number of carbonyl (C=O) groups excluding carboxylic acids is 4. The van der Waals surface area contributed by atoms with E-state index in [2.05, 4.69) is 30.4 Å². The van der Waals surface area contributed by atoms with Crippen molar-refractivity contribution < 1.29 is 47.8 Å². The molecule has 8 rings (SSSR count). The summed E-state index contributed by atoms with van der Waals surface area (Å²) in [5, 5.41) is 21.8. The first kappa shape index (κ1) is 56.8. The number of Topliss-reactive ketones (excluding diaryl/α,β-unsaturated/α-hetero) is 2. The summed E-state index contributed by atoms with van der Waals surface area (Å²) in [6.45, 7) is 5.57. The summed E-state index contributed by atoms with van der Waals surface area (Å²) in [7, 11) is 3.68. The van der Waals surface area contributed by atoms with Crippen LogP contribution in [0.2, 0.25) is 0 Å². The zero-order valence-electron chi connectivity index (χ0n) is 42.4. The Kier molecular flexibility index (Phi) is 21.6. The van der Waals surface area contributed by atoms with E-state index in [4.69, 9.17) is 10.2 Å². The van der Waals surface area contributed by atoms with E-state index < -0.39 is 11.9 Å². The fourth-order valence-corrected chi connectivity index (χ4v) is 8.76. The number of piperidine rings is 2. The number of carbonyl (C=O) groups is 6. The molecule has 396 valence electrons. The molecule has 0 atom stereocenters. The second-order valence-electron chi connectivity index (χ2n) is 18.0. The highest BCUT2D eigenvalue weighted by atomic mass is 19.1. The number of aromatic nitrogens is 2. The number of anilines is 4. The maximum absolute atomic E-state index is 13.3. The van der Waals surface area contributed by atoms with Crippen LogP contribution in [0.3, 0.4) is 0 Å². The standard InChI is InChI=1S/2C27H29FN4O2.C4H4O4/c2*1-29-24-10-6-22(7-11-24)27(34)32(25-3-2-14-30-19-25)18-17-31-15-12-21(13-16-31)26(33)20-4-8-23(28)9-5-20;5-3(6)1-2-4(7)8/h2*2-11,14,19,21,29H,12-13,15-18H2,1H3;1-2H,(H,5,6)(H,7,8)/b;;2-1+. The number of halogens is 2. The molecule has 2 aliphatic rings. The first-order chi connectivity index (χ1) is 36.7. The lowest BCUT2D eigenvalue weighted by atomic mass is 9.89. The summed E-state index contributed by atoms with van der Waals surface area (Å²) in [5.74, 6) is -3.27. The quantitative estimate of drug-likeness (QED) is 0.0470. The van der Waals surface area contributed by atoms with Gasteiger partial charge in [-0.25, -0.2) is 18.4 Å². The summed E-state index contributed by atoms with van der Waals surface area (Å²) in [6.07, 6.45) is 10.9. The van der Waals surface area contributed by atoms with Gasteiger partial charge in [0.1, 0.15) is 11.6 Å². The van der Waals surface area contributed by atoms with E-state index in [1.165, 1.54) is 24.3 Å².